The summed E-state index contributed by atoms with van der Waals surface area (Å²) in [5.74, 6) is 0.716. The van der Waals surface area contributed by atoms with Crippen LogP contribution in [0.5, 0.6) is 5.75 Å². The Bertz CT molecular complexity index is 367. The van der Waals surface area contributed by atoms with Crippen LogP contribution in [0.2, 0.25) is 0 Å². The predicted molar refractivity (Wildman–Crippen MR) is 70.3 cm³/mol. The fourth-order valence-corrected chi connectivity index (χ4v) is 1.62. The third-order valence-corrected chi connectivity index (χ3v) is 2.65. The van der Waals surface area contributed by atoms with Crippen LogP contribution < -0.4 is 10.1 Å². The second-order valence-electron chi connectivity index (χ2n) is 5.58. The van der Waals surface area contributed by atoms with Gasteiger partial charge in [-0.3, -0.25) is 0 Å². The molecule has 96 valence electrons. The number of nitrogens with one attached hydrogen (secondary N) is 1. The second kappa shape index (κ2) is 5.07. The third kappa shape index (κ3) is 4.02. The molecule has 1 unspecified atom stereocenters. The lowest BCUT2D eigenvalue weighted by molar-refractivity contribution is 0.0477. The first-order chi connectivity index (χ1) is 7.76. The highest BCUT2D eigenvalue weighted by atomic mass is 16.5. The van der Waals surface area contributed by atoms with Crippen molar-refractivity contribution in [1.29, 1.82) is 0 Å². The molecule has 2 N–H and O–H groups in total. The lowest BCUT2D eigenvalue weighted by atomic mass is 9.94. The Kier molecular flexibility index (Phi) is 4.17. The van der Waals surface area contributed by atoms with Gasteiger partial charge in [-0.2, -0.15) is 0 Å². The summed E-state index contributed by atoms with van der Waals surface area (Å²) in [6.45, 7) is 8.50. The molecule has 0 bridgehead atoms. The van der Waals surface area contributed by atoms with Gasteiger partial charge in [0.25, 0.3) is 0 Å². The van der Waals surface area contributed by atoms with E-state index >= 15 is 0 Å². The molecular formula is C14H23NO2. The number of β-amino-alcohol motifs (C(OH)–C–C–N with tert-alkyl or cyclic N) is 1. The molecular weight excluding hydrogens is 214 g/mol. The molecule has 0 aliphatic carbocycles. The van der Waals surface area contributed by atoms with Crippen LogP contribution in [0.4, 0.5) is 0 Å². The summed E-state index contributed by atoms with van der Waals surface area (Å²) in [6, 6.07) is 7.56. The van der Waals surface area contributed by atoms with Crippen LogP contribution in [0.1, 0.15) is 33.3 Å². The molecule has 0 amide bonds. The van der Waals surface area contributed by atoms with Crippen molar-refractivity contribution >= 4 is 0 Å². The van der Waals surface area contributed by atoms with Crippen LogP contribution >= 0.6 is 0 Å². The average Bonchev–Trinajstić information content (AvgIpc) is 2.26. The number of aliphatic hydroxyl groups is 1. The molecule has 1 atom stereocenters. The maximum Gasteiger partial charge on any atom is 0.124 e. The standard InChI is InChI=1S/C14H23NO2/c1-13(2,3)15-10-14(4,16)11-8-6-7-9-12(11)17-5/h6-9,15-16H,10H2,1-5H3. The summed E-state index contributed by atoms with van der Waals surface area (Å²) < 4.78 is 5.28. The minimum absolute atomic E-state index is 0.0218. The van der Waals surface area contributed by atoms with E-state index < -0.39 is 5.60 Å². The van der Waals surface area contributed by atoms with Crippen LogP contribution in [0.3, 0.4) is 0 Å². The van der Waals surface area contributed by atoms with Gasteiger partial charge in [0.05, 0.1) is 7.11 Å². The smallest absolute Gasteiger partial charge is 0.124 e. The summed E-state index contributed by atoms with van der Waals surface area (Å²) in [5.41, 5.74) is -0.162. The lowest BCUT2D eigenvalue weighted by Gasteiger charge is -2.30. The maximum absolute atomic E-state index is 10.5. The Morgan fingerprint density at radius 2 is 1.76 bits per heavy atom. The largest absolute Gasteiger partial charge is 0.496 e. The number of para-hydroxylation sites is 1. The zero-order valence-corrected chi connectivity index (χ0v) is 11.4. The summed E-state index contributed by atoms with van der Waals surface area (Å²) in [5, 5.41) is 13.8. The molecule has 3 nitrogen and oxygen atoms in total. The van der Waals surface area contributed by atoms with Gasteiger partial charge in [-0.05, 0) is 33.8 Å². The molecule has 0 spiro atoms. The van der Waals surface area contributed by atoms with Gasteiger partial charge in [0, 0.05) is 17.6 Å². The van der Waals surface area contributed by atoms with Gasteiger partial charge in [-0.15, -0.1) is 0 Å². The van der Waals surface area contributed by atoms with Crippen LogP contribution in [0.15, 0.2) is 24.3 Å². The van der Waals surface area contributed by atoms with Crippen LogP contribution in [-0.4, -0.2) is 24.3 Å². The quantitative estimate of drug-likeness (QED) is 0.844. The normalized spacial score (nSPS) is 15.4. The molecule has 1 rings (SSSR count). The van der Waals surface area contributed by atoms with E-state index in [1.165, 1.54) is 0 Å². The molecule has 3 heteroatoms. The topological polar surface area (TPSA) is 41.5 Å². The first kappa shape index (κ1) is 14.0. The summed E-state index contributed by atoms with van der Waals surface area (Å²) in [4.78, 5) is 0. The molecule has 0 aliphatic heterocycles. The number of methoxy groups -OCH3 is 1. The van der Waals surface area contributed by atoms with Crippen molar-refractivity contribution in [2.45, 2.75) is 38.8 Å². The van der Waals surface area contributed by atoms with Crippen LogP contribution in [0.25, 0.3) is 0 Å². The van der Waals surface area contributed by atoms with Gasteiger partial charge in [0.15, 0.2) is 0 Å². The van der Waals surface area contributed by atoms with E-state index in [1.807, 2.05) is 24.3 Å². The molecule has 0 saturated carbocycles. The number of hydrogen-bond donors (Lipinski definition) is 2. The molecule has 0 heterocycles. The highest BCUT2D eigenvalue weighted by Crippen LogP contribution is 2.29. The minimum Gasteiger partial charge on any atom is -0.496 e. The van der Waals surface area contributed by atoms with Crippen molar-refractivity contribution in [2.24, 2.45) is 0 Å². The van der Waals surface area contributed by atoms with Crippen LogP contribution in [-0.2, 0) is 5.60 Å². The molecule has 0 saturated heterocycles. The molecule has 0 radical (unpaired) electrons. The molecule has 0 aliphatic rings. The van der Waals surface area contributed by atoms with E-state index in [4.69, 9.17) is 4.74 Å². The van der Waals surface area contributed by atoms with Gasteiger partial charge in [-0.25, -0.2) is 0 Å². The predicted octanol–water partition coefficient (Wildman–Crippen LogP) is 2.29. The second-order valence-corrected chi connectivity index (χ2v) is 5.58. The Morgan fingerprint density at radius 1 is 1.18 bits per heavy atom. The molecule has 0 fully saturated rings. The van der Waals surface area contributed by atoms with Crippen molar-refractivity contribution < 1.29 is 9.84 Å². The highest BCUT2D eigenvalue weighted by molar-refractivity contribution is 5.37. The van der Waals surface area contributed by atoms with E-state index in [1.54, 1.807) is 14.0 Å². The van der Waals surface area contributed by atoms with Gasteiger partial charge < -0.3 is 15.2 Å². The highest BCUT2D eigenvalue weighted by Gasteiger charge is 2.27. The first-order valence-corrected chi connectivity index (χ1v) is 5.87. The summed E-state index contributed by atoms with van der Waals surface area (Å²) >= 11 is 0. The van der Waals surface area contributed by atoms with E-state index in [-0.39, 0.29) is 5.54 Å². The van der Waals surface area contributed by atoms with E-state index in [2.05, 4.69) is 26.1 Å². The Labute approximate surface area is 104 Å². The van der Waals surface area contributed by atoms with Crippen molar-refractivity contribution in [3.05, 3.63) is 29.8 Å². The van der Waals surface area contributed by atoms with Crippen molar-refractivity contribution in [1.82, 2.24) is 5.32 Å². The van der Waals surface area contributed by atoms with Gasteiger partial charge in [0.2, 0.25) is 0 Å². The Morgan fingerprint density at radius 3 is 2.29 bits per heavy atom. The molecule has 0 aromatic heterocycles. The molecule has 17 heavy (non-hydrogen) atoms. The Hall–Kier alpha value is -1.06. The Balaban J connectivity index is 2.88. The van der Waals surface area contributed by atoms with Gasteiger partial charge in [0.1, 0.15) is 11.4 Å². The van der Waals surface area contributed by atoms with Crippen LogP contribution in [0, 0.1) is 0 Å². The number of hydrogen-bond acceptors (Lipinski definition) is 3. The fraction of sp³-hybridized carbons (Fsp3) is 0.571. The minimum atomic E-state index is -0.945. The third-order valence-electron chi connectivity index (χ3n) is 2.65. The van der Waals surface area contributed by atoms with Crippen molar-refractivity contribution in [2.75, 3.05) is 13.7 Å². The maximum atomic E-state index is 10.5. The SMILES string of the molecule is COc1ccccc1C(C)(O)CNC(C)(C)C. The number of rotatable bonds is 4. The zero-order valence-electron chi connectivity index (χ0n) is 11.4. The average molecular weight is 237 g/mol. The fourth-order valence-electron chi connectivity index (χ4n) is 1.62. The van der Waals surface area contributed by atoms with E-state index in [0.717, 1.165) is 5.56 Å². The van der Waals surface area contributed by atoms with Gasteiger partial charge >= 0.3 is 0 Å². The molecule has 1 aromatic carbocycles. The lowest BCUT2D eigenvalue weighted by Crippen LogP contribution is -2.44. The van der Waals surface area contributed by atoms with Crippen molar-refractivity contribution in [3.63, 3.8) is 0 Å². The zero-order chi connectivity index (χ0) is 13.1. The van der Waals surface area contributed by atoms with Crippen molar-refractivity contribution in [3.8, 4) is 5.75 Å². The summed E-state index contributed by atoms with van der Waals surface area (Å²) in [6.07, 6.45) is 0. The number of benzene rings is 1. The summed E-state index contributed by atoms with van der Waals surface area (Å²) in [7, 11) is 1.62. The van der Waals surface area contributed by atoms with Gasteiger partial charge in [-0.1, -0.05) is 18.2 Å². The molecule has 1 aromatic rings. The van der Waals surface area contributed by atoms with E-state index in [9.17, 15) is 5.11 Å². The van der Waals surface area contributed by atoms with E-state index in [0.29, 0.717) is 12.3 Å². The monoisotopic (exact) mass is 237 g/mol. The first-order valence-electron chi connectivity index (χ1n) is 5.87. The number of ether oxygens (including phenoxy) is 1.